The molecule has 0 aromatic carbocycles. The van der Waals surface area contributed by atoms with Crippen molar-refractivity contribution in [2.24, 2.45) is 0 Å². The molecule has 1 aromatic rings. The second-order valence-electron chi connectivity index (χ2n) is 2.92. The highest BCUT2D eigenvalue weighted by atomic mass is 16.1. The Morgan fingerprint density at radius 1 is 1.60 bits per heavy atom. The van der Waals surface area contributed by atoms with E-state index in [0.717, 1.165) is 0 Å². The number of pyridine rings is 1. The lowest BCUT2D eigenvalue weighted by atomic mass is 10.3. The van der Waals surface area contributed by atoms with Crippen molar-refractivity contribution in [1.82, 2.24) is 10.3 Å². The summed E-state index contributed by atoms with van der Waals surface area (Å²) < 4.78 is 0. The Labute approximate surface area is 88.1 Å². The Morgan fingerprint density at radius 3 is 3.07 bits per heavy atom. The van der Waals surface area contributed by atoms with Gasteiger partial charge in [-0.3, -0.25) is 4.79 Å². The summed E-state index contributed by atoms with van der Waals surface area (Å²) in [5.74, 6) is 0.476. The zero-order valence-electron chi connectivity index (χ0n) is 8.45. The standard InChI is InChI=1S/C10H12N4O/c1-8(15)12-5-6-14-10-9(7-11)3-2-4-13-10/h2-4H,5-6H2,1H3,(H,12,15)(H,13,14). The maximum absolute atomic E-state index is 10.6. The van der Waals surface area contributed by atoms with Crippen molar-refractivity contribution in [3.05, 3.63) is 23.9 Å². The molecule has 1 rings (SSSR count). The number of rotatable bonds is 4. The smallest absolute Gasteiger partial charge is 0.216 e. The lowest BCUT2D eigenvalue weighted by Crippen LogP contribution is -2.26. The van der Waals surface area contributed by atoms with Gasteiger partial charge in [-0.25, -0.2) is 4.98 Å². The molecule has 0 aliphatic carbocycles. The molecular weight excluding hydrogens is 192 g/mol. The number of carbonyl (C=O) groups is 1. The van der Waals surface area contributed by atoms with Crippen molar-refractivity contribution in [2.45, 2.75) is 6.92 Å². The van der Waals surface area contributed by atoms with Crippen molar-refractivity contribution < 1.29 is 4.79 Å². The number of amides is 1. The van der Waals surface area contributed by atoms with Crippen LogP contribution in [0.15, 0.2) is 18.3 Å². The van der Waals surface area contributed by atoms with Crippen LogP contribution in [0.3, 0.4) is 0 Å². The van der Waals surface area contributed by atoms with Crippen LogP contribution in [0, 0.1) is 11.3 Å². The fraction of sp³-hybridized carbons (Fsp3) is 0.300. The molecular formula is C10H12N4O. The number of carbonyl (C=O) groups excluding carboxylic acids is 1. The average molecular weight is 204 g/mol. The summed E-state index contributed by atoms with van der Waals surface area (Å²) in [6, 6.07) is 5.43. The summed E-state index contributed by atoms with van der Waals surface area (Å²) in [6.07, 6.45) is 1.61. The van der Waals surface area contributed by atoms with Crippen LogP contribution in [0.4, 0.5) is 5.82 Å². The van der Waals surface area contributed by atoms with E-state index < -0.39 is 0 Å². The quantitative estimate of drug-likeness (QED) is 0.700. The van der Waals surface area contributed by atoms with E-state index in [2.05, 4.69) is 15.6 Å². The molecule has 0 spiro atoms. The molecule has 15 heavy (non-hydrogen) atoms. The number of nitriles is 1. The van der Waals surface area contributed by atoms with E-state index in [4.69, 9.17) is 5.26 Å². The van der Waals surface area contributed by atoms with Crippen LogP contribution in [0.2, 0.25) is 0 Å². The molecule has 2 N–H and O–H groups in total. The lowest BCUT2D eigenvalue weighted by molar-refractivity contribution is -0.118. The third-order valence-corrected chi connectivity index (χ3v) is 1.72. The van der Waals surface area contributed by atoms with Gasteiger partial charge >= 0.3 is 0 Å². The Balaban J connectivity index is 2.44. The predicted molar refractivity (Wildman–Crippen MR) is 56.1 cm³/mol. The Morgan fingerprint density at radius 2 is 2.40 bits per heavy atom. The molecule has 5 nitrogen and oxygen atoms in total. The van der Waals surface area contributed by atoms with Crippen molar-refractivity contribution in [1.29, 1.82) is 5.26 Å². The zero-order chi connectivity index (χ0) is 11.1. The number of hydrogen-bond acceptors (Lipinski definition) is 4. The topological polar surface area (TPSA) is 77.8 Å². The lowest BCUT2D eigenvalue weighted by Gasteiger charge is -2.06. The molecule has 0 saturated heterocycles. The van der Waals surface area contributed by atoms with Gasteiger partial charge < -0.3 is 10.6 Å². The summed E-state index contributed by atoms with van der Waals surface area (Å²) in [6.45, 7) is 2.52. The first-order valence-corrected chi connectivity index (χ1v) is 4.57. The van der Waals surface area contributed by atoms with Gasteiger partial charge in [0, 0.05) is 26.2 Å². The summed E-state index contributed by atoms with van der Waals surface area (Å²) >= 11 is 0. The fourth-order valence-corrected chi connectivity index (χ4v) is 1.06. The highest BCUT2D eigenvalue weighted by molar-refractivity contribution is 5.72. The first-order valence-electron chi connectivity index (χ1n) is 4.57. The third-order valence-electron chi connectivity index (χ3n) is 1.72. The van der Waals surface area contributed by atoms with E-state index in [1.165, 1.54) is 6.92 Å². The van der Waals surface area contributed by atoms with E-state index in [1.807, 2.05) is 6.07 Å². The molecule has 0 saturated carbocycles. The number of aromatic nitrogens is 1. The molecule has 5 heteroatoms. The van der Waals surface area contributed by atoms with E-state index in [0.29, 0.717) is 24.5 Å². The first kappa shape index (κ1) is 11.0. The molecule has 1 aromatic heterocycles. The van der Waals surface area contributed by atoms with Crippen LogP contribution in [-0.2, 0) is 4.79 Å². The fourth-order valence-electron chi connectivity index (χ4n) is 1.06. The van der Waals surface area contributed by atoms with Gasteiger partial charge in [0.15, 0.2) is 0 Å². The van der Waals surface area contributed by atoms with Gasteiger partial charge in [-0.1, -0.05) is 0 Å². The second kappa shape index (κ2) is 5.60. The first-order chi connectivity index (χ1) is 7.24. The summed E-state index contributed by atoms with van der Waals surface area (Å²) in [5, 5.41) is 14.4. The molecule has 0 atom stereocenters. The normalized spacial score (nSPS) is 9.07. The van der Waals surface area contributed by atoms with Crippen molar-refractivity contribution in [2.75, 3.05) is 18.4 Å². The molecule has 0 unspecified atom stereocenters. The van der Waals surface area contributed by atoms with Crippen LogP contribution in [0.5, 0.6) is 0 Å². The number of nitrogens with one attached hydrogen (secondary N) is 2. The van der Waals surface area contributed by atoms with Gasteiger partial charge in [-0.2, -0.15) is 5.26 Å². The summed E-state index contributed by atoms with van der Waals surface area (Å²) in [4.78, 5) is 14.6. The molecule has 0 radical (unpaired) electrons. The third kappa shape index (κ3) is 3.65. The number of anilines is 1. The second-order valence-corrected chi connectivity index (χ2v) is 2.92. The summed E-state index contributed by atoms with van der Waals surface area (Å²) in [5.41, 5.74) is 0.500. The SMILES string of the molecule is CC(=O)NCCNc1ncccc1C#N. The van der Waals surface area contributed by atoms with E-state index in [-0.39, 0.29) is 5.91 Å². The Bertz CT molecular complexity index is 383. The van der Waals surface area contributed by atoms with Crippen LogP contribution in [0.25, 0.3) is 0 Å². The maximum atomic E-state index is 10.6. The minimum atomic E-state index is -0.0710. The van der Waals surface area contributed by atoms with Crippen LogP contribution in [-0.4, -0.2) is 24.0 Å². The van der Waals surface area contributed by atoms with Gasteiger partial charge in [0.2, 0.25) is 5.91 Å². The largest absolute Gasteiger partial charge is 0.367 e. The van der Waals surface area contributed by atoms with Crippen molar-refractivity contribution >= 4 is 11.7 Å². The van der Waals surface area contributed by atoms with Crippen LogP contribution < -0.4 is 10.6 Å². The summed E-state index contributed by atoms with van der Waals surface area (Å²) in [7, 11) is 0. The van der Waals surface area contributed by atoms with Gasteiger partial charge in [-0.15, -0.1) is 0 Å². The van der Waals surface area contributed by atoms with E-state index >= 15 is 0 Å². The van der Waals surface area contributed by atoms with Gasteiger partial charge in [0.25, 0.3) is 0 Å². The van der Waals surface area contributed by atoms with Gasteiger partial charge in [0.1, 0.15) is 11.9 Å². The van der Waals surface area contributed by atoms with Gasteiger partial charge in [-0.05, 0) is 12.1 Å². The molecule has 0 fully saturated rings. The minimum Gasteiger partial charge on any atom is -0.367 e. The molecule has 0 aliphatic heterocycles. The Hall–Kier alpha value is -2.09. The molecule has 0 bridgehead atoms. The highest BCUT2D eigenvalue weighted by Crippen LogP contribution is 2.08. The Kier molecular flexibility index (Phi) is 4.10. The average Bonchev–Trinajstić information content (AvgIpc) is 2.24. The highest BCUT2D eigenvalue weighted by Gasteiger charge is 2.00. The van der Waals surface area contributed by atoms with Crippen LogP contribution >= 0.6 is 0 Å². The van der Waals surface area contributed by atoms with Crippen LogP contribution in [0.1, 0.15) is 12.5 Å². The predicted octanol–water partition coefficient (Wildman–Crippen LogP) is 0.501. The monoisotopic (exact) mass is 204 g/mol. The molecule has 1 heterocycles. The van der Waals surface area contributed by atoms with Crippen molar-refractivity contribution in [3.8, 4) is 6.07 Å². The minimum absolute atomic E-state index is 0.0710. The van der Waals surface area contributed by atoms with Gasteiger partial charge in [0.05, 0.1) is 5.56 Å². The van der Waals surface area contributed by atoms with E-state index in [1.54, 1.807) is 18.3 Å². The molecule has 78 valence electrons. The number of hydrogen-bond donors (Lipinski definition) is 2. The van der Waals surface area contributed by atoms with Crippen molar-refractivity contribution in [3.63, 3.8) is 0 Å². The number of nitrogens with zero attached hydrogens (tertiary/aromatic N) is 2. The zero-order valence-corrected chi connectivity index (χ0v) is 8.45. The molecule has 0 aliphatic rings. The molecule has 1 amide bonds. The maximum Gasteiger partial charge on any atom is 0.216 e. The van der Waals surface area contributed by atoms with E-state index in [9.17, 15) is 4.79 Å².